The lowest BCUT2D eigenvalue weighted by atomic mass is 9.87. The molecule has 0 N–H and O–H groups in total. The fourth-order valence-corrected chi connectivity index (χ4v) is 4.29. The van der Waals surface area contributed by atoms with E-state index in [1.54, 1.807) is 0 Å². The monoisotopic (exact) mass is 428 g/mol. The maximum absolute atomic E-state index is 4.79. The molecule has 3 aromatic carbocycles. The van der Waals surface area contributed by atoms with Crippen LogP contribution in [0, 0.1) is 6.92 Å². The van der Waals surface area contributed by atoms with E-state index >= 15 is 0 Å². The van der Waals surface area contributed by atoms with Crippen molar-refractivity contribution in [1.29, 1.82) is 0 Å². The van der Waals surface area contributed by atoms with Crippen molar-refractivity contribution in [3.8, 4) is 33.5 Å². The third-order valence-electron chi connectivity index (χ3n) is 6.23. The summed E-state index contributed by atoms with van der Waals surface area (Å²) in [5.74, 6) is 0. The molecule has 0 aliphatic carbocycles. The largest absolute Gasteiger partial charge is 0.256 e. The van der Waals surface area contributed by atoms with Gasteiger partial charge in [-0.05, 0) is 58.9 Å². The number of hydrogen-bond acceptors (Lipinski definition) is 2. The van der Waals surface area contributed by atoms with E-state index in [1.807, 2.05) is 18.5 Å². The molecule has 5 aromatic rings. The highest BCUT2D eigenvalue weighted by atomic mass is 14.7. The van der Waals surface area contributed by atoms with Gasteiger partial charge in [-0.1, -0.05) is 87.0 Å². The Morgan fingerprint density at radius 2 is 1.36 bits per heavy atom. The van der Waals surface area contributed by atoms with Crippen molar-refractivity contribution >= 4 is 10.9 Å². The fourth-order valence-electron chi connectivity index (χ4n) is 4.29. The van der Waals surface area contributed by atoms with E-state index in [1.165, 1.54) is 22.3 Å². The van der Waals surface area contributed by atoms with Gasteiger partial charge in [0, 0.05) is 28.9 Å². The van der Waals surface area contributed by atoms with Crippen molar-refractivity contribution in [1.82, 2.24) is 9.97 Å². The second-order valence-corrected chi connectivity index (χ2v) is 9.69. The standard InChI is InChI=1S/C31H28N2/c1-21-10-12-22(13-11-21)26-14-15-27(30-28(26)9-6-17-33-30)23-7-5-8-24(19-23)29-20-25(16-18-32-29)31(2,3)4/h5-20H,1-4H3. The van der Waals surface area contributed by atoms with Crippen LogP contribution in [0.5, 0.6) is 0 Å². The highest BCUT2D eigenvalue weighted by molar-refractivity contribution is 6.02. The van der Waals surface area contributed by atoms with Gasteiger partial charge in [-0.2, -0.15) is 0 Å². The SMILES string of the molecule is Cc1ccc(-c2ccc(-c3cccc(-c4cc(C(C)(C)C)ccn4)c3)c3ncccc23)cc1. The smallest absolute Gasteiger partial charge is 0.0786 e. The van der Waals surface area contributed by atoms with Crippen LogP contribution in [0.2, 0.25) is 0 Å². The highest BCUT2D eigenvalue weighted by Crippen LogP contribution is 2.36. The predicted molar refractivity (Wildman–Crippen MR) is 139 cm³/mol. The summed E-state index contributed by atoms with van der Waals surface area (Å²) in [5, 5.41) is 1.16. The van der Waals surface area contributed by atoms with E-state index in [0.29, 0.717) is 0 Å². The number of nitrogens with zero attached hydrogens (tertiary/aromatic N) is 2. The topological polar surface area (TPSA) is 25.8 Å². The van der Waals surface area contributed by atoms with Crippen LogP contribution in [0.25, 0.3) is 44.4 Å². The molecule has 0 fully saturated rings. The molecule has 2 heterocycles. The van der Waals surface area contributed by atoms with Crippen LogP contribution in [0.3, 0.4) is 0 Å². The minimum absolute atomic E-state index is 0.0846. The Bertz CT molecular complexity index is 1440. The van der Waals surface area contributed by atoms with E-state index in [-0.39, 0.29) is 5.41 Å². The molecule has 33 heavy (non-hydrogen) atoms. The number of hydrogen-bond donors (Lipinski definition) is 0. The first kappa shape index (κ1) is 21.1. The van der Waals surface area contributed by atoms with Crippen LogP contribution in [-0.4, -0.2) is 9.97 Å². The molecule has 162 valence electrons. The summed E-state index contributed by atoms with van der Waals surface area (Å²) in [7, 11) is 0. The third kappa shape index (κ3) is 4.17. The average molecular weight is 429 g/mol. The summed E-state index contributed by atoms with van der Waals surface area (Å²) in [6.07, 6.45) is 3.79. The minimum Gasteiger partial charge on any atom is -0.256 e. The van der Waals surface area contributed by atoms with Crippen molar-refractivity contribution in [2.75, 3.05) is 0 Å². The molecule has 0 spiro atoms. The maximum atomic E-state index is 4.79. The Morgan fingerprint density at radius 1 is 0.606 bits per heavy atom. The van der Waals surface area contributed by atoms with Gasteiger partial charge in [-0.15, -0.1) is 0 Å². The lowest BCUT2D eigenvalue weighted by molar-refractivity contribution is 0.589. The van der Waals surface area contributed by atoms with Crippen LogP contribution in [0.1, 0.15) is 31.9 Å². The van der Waals surface area contributed by atoms with Gasteiger partial charge in [-0.3, -0.25) is 9.97 Å². The van der Waals surface area contributed by atoms with Gasteiger partial charge in [0.1, 0.15) is 0 Å². The lowest BCUT2D eigenvalue weighted by Crippen LogP contribution is -2.11. The van der Waals surface area contributed by atoms with Gasteiger partial charge >= 0.3 is 0 Å². The first-order valence-corrected chi connectivity index (χ1v) is 11.4. The number of rotatable bonds is 3. The van der Waals surface area contributed by atoms with Crippen molar-refractivity contribution in [2.45, 2.75) is 33.1 Å². The van der Waals surface area contributed by atoms with Gasteiger partial charge in [0.25, 0.3) is 0 Å². The van der Waals surface area contributed by atoms with Crippen molar-refractivity contribution in [3.05, 3.63) is 108 Å². The van der Waals surface area contributed by atoms with Gasteiger partial charge in [0.2, 0.25) is 0 Å². The van der Waals surface area contributed by atoms with Crippen molar-refractivity contribution in [3.63, 3.8) is 0 Å². The van der Waals surface area contributed by atoms with E-state index in [4.69, 9.17) is 4.98 Å². The molecule has 0 saturated heterocycles. The molecule has 5 rings (SSSR count). The second-order valence-electron chi connectivity index (χ2n) is 9.69. The molecular formula is C31H28N2. The molecule has 2 nitrogen and oxygen atoms in total. The van der Waals surface area contributed by atoms with Gasteiger partial charge in [0.15, 0.2) is 0 Å². The van der Waals surface area contributed by atoms with Crippen LogP contribution < -0.4 is 0 Å². The first-order chi connectivity index (χ1) is 15.9. The summed E-state index contributed by atoms with van der Waals surface area (Å²) >= 11 is 0. The van der Waals surface area contributed by atoms with Gasteiger partial charge in [-0.25, -0.2) is 0 Å². The molecule has 0 radical (unpaired) electrons. The molecule has 2 aromatic heterocycles. The Kier molecular flexibility index (Phi) is 5.30. The zero-order valence-electron chi connectivity index (χ0n) is 19.6. The number of fused-ring (bicyclic) bond motifs is 1. The predicted octanol–water partition coefficient (Wildman–Crippen LogP) is 8.24. The Hall–Kier alpha value is -3.78. The minimum atomic E-state index is 0.0846. The van der Waals surface area contributed by atoms with E-state index in [9.17, 15) is 0 Å². The third-order valence-corrected chi connectivity index (χ3v) is 6.23. The molecule has 0 aliphatic rings. The fraction of sp³-hybridized carbons (Fsp3) is 0.161. The zero-order valence-corrected chi connectivity index (χ0v) is 19.6. The van der Waals surface area contributed by atoms with Crippen LogP contribution in [-0.2, 0) is 5.41 Å². The number of aromatic nitrogens is 2. The Morgan fingerprint density at radius 3 is 2.15 bits per heavy atom. The maximum Gasteiger partial charge on any atom is 0.0786 e. The van der Waals surface area contributed by atoms with Crippen LogP contribution >= 0.6 is 0 Å². The average Bonchev–Trinajstić information content (AvgIpc) is 2.84. The first-order valence-electron chi connectivity index (χ1n) is 11.4. The van der Waals surface area contributed by atoms with Gasteiger partial charge in [0.05, 0.1) is 11.2 Å². The molecule has 2 heteroatoms. The quantitative estimate of drug-likeness (QED) is 0.289. The molecule has 0 saturated carbocycles. The van der Waals surface area contributed by atoms with Crippen LogP contribution in [0.4, 0.5) is 0 Å². The zero-order chi connectivity index (χ0) is 23.0. The molecule has 0 unspecified atom stereocenters. The molecular weight excluding hydrogens is 400 g/mol. The van der Waals surface area contributed by atoms with E-state index in [0.717, 1.165) is 33.3 Å². The summed E-state index contributed by atoms with van der Waals surface area (Å²) in [4.78, 5) is 9.46. The number of benzene rings is 3. The molecule has 0 atom stereocenters. The summed E-state index contributed by atoms with van der Waals surface area (Å²) < 4.78 is 0. The number of pyridine rings is 2. The second kappa shape index (κ2) is 8.29. The molecule has 0 aliphatic heterocycles. The lowest BCUT2D eigenvalue weighted by Gasteiger charge is -2.19. The van der Waals surface area contributed by atoms with Crippen molar-refractivity contribution < 1.29 is 0 Å². The molecule has 0 amide bonds. The molecule has 0 bridgehead atoms. The normalized spacial score (nSPS) is 11.6. The Balaban J connectivity index is 1.63. The number of aryl methyl sites for hydroxylation is 1. The van der Waals surface area contributed by atoms with E-state index < -0.39 is 0 Å². The van der Waals surface area contributed by atoms with E-state index in [2.05, 4.69) is 112 Å². The summed E-state index contributed by atoms with van der Waals surface area (Å²) in [5.41, 5.74) is 10.5. The Labute approximate surface area is 196 Å². The summed E-state index contributed by atoms with van der Waals surface area (Å²) in [6, 6.07) is 30.2. The highest BCUT2D eigenvalue weighted by Gasteiger charge is 2.15. The summed E-state index contributed by atoms with van der Waals surface area (Å²) in [6.45, 7) is 8.81. The van der Waals surface area contributed by atoms with Gasteiger partial charge < -0.3 is 0 Å². The van der Waals surface area contributed by atoms with Crippen molar-refractivity contribution in [2.24, 2.45) is 0 Å². The van der Waals surface area contributed by atoms with Crippen LogP contribution in [0.15, 0.2) is 97.3 Å².